The maximum absolute atomic E-state index is 11.8. The maximum Gasteiger partial charge on any atom is 0.323 e. The third-order valence-corrected chi connectivity index (χ3v) is 3.68. The molecule has 1 aromatic carbocycles. The van der Waals surface area contributed by atoms with Gasteiger partial charge in [0.2, 0.25) is 0 Å². The summed E-state index contributed by atoms with van der Waals surface area (Å²) < 4.78 is 14.7. The second kappa shape index (κ2) is 8.08. The average Bonchev–Trinajstić information content (AvgIpc) is 2.44. The van der Waals surface area contributed by atoms with E-state index in [-0.39, 0.29) is 6.61 Å². The van der Waals surface area contributed by atoms with Crippen molar-refractivity contribution in [3.05, 3.63) is 29.8 Å². The van der Waals surface area contributed by atoms with Crippen molar-refractivity contribution < 1.29 is 23.8 Å². The Hall–Kier alpha value is -1.31. The summed E-state index contributed by atoms with van der Waals surface area (Å²) in [4.78, 5) is 23.0. The molecule has 2 atom stereocenters. The third-order valence-electron chi connectivity index (χ3n) is 2.51. The average molecular weight is 392 g/mol. The Balaban J connectivity index is 2.97. The van der Waals surface area contributed by atoms with Crippen molar-refractivity contribution >= 4 is 34.5 Å². The Labute approximate surface area is 131 Å². The molecule has 0 aliphatic heterocycles. The van der Waals surface area contributed by atoms with Gasteiger partial charge in [0.25, 0.3) is 0 Å². The second-order valence-electron chi connectivity index (χ2n) is 3.96. The molecule has 0 saturated heterocycles. The smallest absolute Gasteiger partial charge is 0.323 e. The predicted octanol–water partition coefficient (Wildman–Crippen LogP) is 2.67. The van der Waals surface area contributed by atoms with Crippen LogP contribution in [0.25, 0.3) is 0 Å². The molecule has 0 bridgehead atoms. The molecule has 0 N–H and O–H groups in total. The molecule has 5 nitrogen and oxygen atoms in total. The van der Waals surface area contributed by atoms with E-state index in [2.05, 4.69) is 0 Å². The van der Waals surface area contributed by atoms with Crippen LogP contribution in [0.4, 0.5) is 0 Å². The van der Waals surface area contributed by atoms with Crippen molar-refractivity contribution in [2.75, 3.05) is 13.7 Å². The van der Waals surface area contributed by atoms with Crippen LogP contribution in [-0.4, -0.2) is 29.6 Å². The Kier molecular flexibility index (Phi) is 6.77. The molecule has 0 heterocycles. The van der Waals surface area contributed by atoms with Crippen LogP contribution in [-0.2, 0) is 19.1 Å². The monoisotopic (exact) mass is 392 g/mol. The maximum atomic E-state index is 11.8. The number of alkyl halides is 1. The van der Waals surface area contributed by atoms with Crippen molar-refractivity contribution in [1.29, 1.82) is 0 Å². The summed E-state index contributed by atoms with van der Waals surface area (Å²) in [5, 5.41) is 0. The minimum atomic E-state index is -0.682. The van der Waals surface area contributed by atoms with Gasteiger partial charge in [-0.2, -0.15) is 0 Å². The molecule has 0 unspecified atom stereocenters. The molecule has 0 amide bonds. The highest BCUT2D eigenvalue weighted by Crippen LogP contribution is 2.29. The Morgan fingerprint density at radius 1 is 1.25 bits per heavy atom. The van der Waals surface area contributed by atoms with Crippen molar-refractivity contribution in [3.8, 4) is 5.75 Å². The number of ether oxygens (including phenoxy) is 3. The lowest BCUT2D eigenvalue weighted by Gasteiger charge is -2.21. The van der Waals surface area contributed by atoms with Crippen molar-refractivity contribution in [3.63, 3.8) is 0 Å². The lowest BCUT2D eigenvalue weighted by molar-refractivity contribution is -0.152. The van der Waals surface area contributed by atoms with Gasteiger partial charge >= 0.3 is 11.9 Å². The molecule has 0 fully saturated rings. The van der Waals surface area contributed by atoms with E-state index in [0.29, 0.717) is 11.3 Å². The van der Waals surface area contributed by atoms with E-state index < -0.39 is 22.0 Å². The highest BCUT2D eigenvalue weighted by molar-refractivity contribution is 14.1. The van der Waals surface area contributed by atoms with Gasteiger partial charge in [-0.15, -0.1) is 0 Å². The van der Waals surface area contributed by atoms with Gasteiger partial charge in [-0.25, -0.2) is 0 Å². The Morgan fingerprint density at radius 3 is 2.30 bits per heavy atom. The number of benzene rings is 1. The zero-order valence-corrected chi connectivity index (χ0v) is 13.7. The summed E-state index contributed by atoms with van der Waals surface area (Å²) in [6.45, 7) is 3.33. The zero-order chi connectivity index (χ0) is 15.1. The number of rotatable bonds is 6. The quantitative estimate of drug-likeness (QED) is 0.423. The first-order chi connectivity index (χ1) is 9.49. The van der Waals surface area contributed by atoms with E-state index >= 15 is 0 Å². The summed E-state index contributed by atoms with van der Waals surface area (Å²) in [6, 6.07) is 7.02. The number of halogens is 1. The molecule has 0 spiro atoms. The fraction of sp³-hybridized carbons (Fsp3) is 0.429. The predicted molar refractivity (Wildman–Crippen MR) is 81.9 cm³/mol. The number of esters is 2. The SMILES string of the molecule is CCOC(=O)[C@@H](I)[C@@H](OC(C)=O)c1ccc(OC)cc1. The summed E-state index contributed by atoms with van der Waals surface area (Å²) in [7, 11) is 1.57. The fourth-order valence-corrected chi connectivity index (χ4v) is 2.36. The second-order valence-corrected chi connectivity index (χ2v) is 5.30. The molecular weight excluding hydrogens is 375 g/mol. The first-order valence-corrected chi connectivity index (χ1v) is 7.36. The minimum absolute atomic E-state index is 0.285. The van der Waals surface area contributed by atoms with E-state index in [9.17, 15) is 9.59 Å². The molecule has 6 heteroatoms. The van der Waals surface area contributed by atoms with Gasteiger partial charge in [0.15, 0.2) is 0 Å². The number of methoxy groups -OCH3 is 1. The molecule has 0 aliphatic carbocycles. The lowest BCUT2D eigenvalue weighted by Crippen LogP contribution is -2.27. The molecular formula is C14H17IO5. The van der Waals surface area contributed by atoms with Crippen LogP contribution in [0.15, 0.2) is 24.3 Å². The van der Waals surface area contributed by atoms with Gasteiger partial charge in [-0.05, 0) is 24.6 Å². The summed E-state index contributed by atoms with van der Waals surface area (Å²) in [5.74, 6) is -0.164. The molecule has 0 aromatic heterocycles. The number of carbonyl (C=O) groups is 2. The van der Waals surface area contributed by atoms with Crippen molar-refractivity contribution in [2.45, 2.75) is 23.9 Å². The van der Waals surface area contributed by atoms with Crippen LogP contribution in [0.3, 0.4) is 0 Å². The van der Waals surface area contributed by atoms with Crippen LogP contribution in [0.2, 0.25) is 0 Å². The molecule has 110 valence electrons. The number of carbonyl (C=O) groups excluding carboxylic acids is 2. The summed E-state index contributed by atoms with van der Waals surface area (Å²) >= 11 is 1.92. The zero-order valence-electron chi connectivity index (χ0n) is 11.6. The topological polar surface area (TPSA) is 61.8 Å². The largest absolute Gasteiger partial charge is 0.497 e. The normalized spacial score (nSPS) is 13.2. The van der Waals surface area contributed by atoms with Crippen LogP contribution in [0.5, 0.6) is 5.75 Å². The van der Waals surface area contributed by atoms with Gasteiger partial charge in [-0.3, -0.25) is 9.59 Å². The van der Waals surface area contributed by atoms with Gasteiger partial charge in [0.05, 0.1) is 13.7 Å². The highest BCUT2D eigenvalue weighted by Gasteiger charge is 2.31. The first kappa shape index (κ1) is 16.7. The molecule has 0 aliphatic rings. The minimum Gasteiger partial charge on any atom is -0.497 e. The van der Waals surface area contributed by atoms with Crippen LogP contribution >= 0.6 is 22.6 Å². The van der Waals surface area contributed by atoms with Crippen molar-refractivity contribution in [1.82, 2.24) is 0 Å². The Bertz CT molecular complexity index is 457. The molecule has 0 saturated carbocycles. The van der Waals surface area contributed by atoms with E-state index in [1.807, 2.05) is 22.6 Å². The van der Waals surface area contributed by atoms with Gasteiger partial charge in [0, 0.05) is 6.92 Å². The van der Waals surface area contributed by atoms with Gasteiger partial charge in [0.1, 0.15) is 15.8 Å². The fourth-order valence-electron chi connectivity index (χ4n) is 1.61. The Morgan fingerprint density at radius 2 is 1.85 bits per heavy atom. The molecule has 1 rings (SSSR count). The van der Waals surface area contributed by atoms with Crippen LogP contribution in [0, 0.1) is 0 Å². The first-order valence-electron chi connectivity index (χ1n) is 6.11. The number of hydrogen-bond acceptors (Lipinski definition) is 5. The molecule has 1 aromatic rings. The van der Waals surface area contributed by atoms with Crippen molar-refractivity contribution in [2.24, 2.45) is 0 Å². The summed E-state index contributed by atoms with van der Waals surface area (Å²) in [6.07, 6.45) is -0.682. The van der Waals surface area contributed by atoms with Gasteiger partial charge in [-0.1, -0.05) is 34.7 Å². The van der Waals surface area contributed by atoms with E-state index in [4.69, 9.17) is 14.2 Å². The van der Waals surface area contributed by atoms with Gasteiger partial charge < -0.3 is 14.2 Å². The molecule has 0 radical (unpaired) electrons. The highest BCUT2D eigenvalue weighted by atomic mass is 127. The summed E-state index contributed by atoms with van der Waals surface area (Å²) in [5.41, 5.74) is 0.716. The van der Waals surface area contributed by atoms with E-state index in [0.717, 1.165) is 0 Å². The third kappa shape index (κ3) is 4.66. The van der Waals surface area contributed by atoms with Crippen LogP contribution < -0.4 is 4.74 Å². The number of hydrogen-bond donors (Lipinski definition) is 0. The standard InChI is InChI=1S/C14H17IO5/c1-4-19-14(17)12(15)13(20-9(2)16)10-5-7-11(18-3)8-6-10/h5-8,12-13H,4H2,1-3H3/t12-,13-/m0/s1. The lowest BCUT2D eigenvalue weighted by atomic mass is 10.1. The van der Waals surface area contributed by atoms with Crippen LogP contribution in [0.1, 0.15) is 25.5 Å². The van der Waals surface area contributed by atoms with E-state index in [1.54, 1.807) is 38.3 Å². The van der Waals surface area contributed by atoms with E-state index in [1.165, 1.54) is 6.92 Å². The molecule has 20 heavy (non-hydrogen) atoms.